The highest BCUT2D eigenvalue weighted by molar-refractivity contribution is 7.80. The average Bonchev–Trinajstić information content (AvgIpc) is 3.05. The lowest BCUT2D eigenvalue weighted by molar-refractivity contribution is 0.1000. The van der Waals surface area contributed by atoms with Crippen molar-refractivity contribution in [1.29, 1.82) is 0 Å². The number of primary amides is 1. The molecule has 2 aliphatic rings. The third-order valence-corrected chi connectivity index (χ3v) is 9.83. The number of benzene rings is 2. The van der Waals surface area contributed by atoms with Crippen LogP contribution in [-0.2, 0) is 12.8 Å². The molecule has 38 heavy (non-hydrogen) atoms. The Balaban J connectivity index is 1.57. The molecule has 0 radical (unpaired) electrons. The van der Waals surface area contributed by atoms with Gasteiger partial charge in [-0.3, -0.25) is 4.79 Å². The second-order valence-electron chi connectivity index (χ2n) is 12.5. The largest absolute Gasteiger partial charge is 0.370 e. The SMILES string of the molecule is CCCc1cc(C)ccc1C1CCc2ccc(C(N)=O)cc2N(CC2CCC2C(C)CCC(C)CCS)C1. The van der Waals surface area contributed by atoms with Crippen molar-refractivity contribution in [1.82, 2.24) is 0 Å². The van der Waals surface area contributed by atoms with Crippen LogP contribution in [0.3, 0.4) is 0 Å². The number of fused-ring (bicyclic) bond motifs is 1. The second-order valence-corrected chi connectivity index (χ2v) is 12.9. The second kappa shape index (κ2) is 13.4. The van der Waals surface area contributed by atoms with Crippen LogP contribution in [0, 0.1) is 30.6 Å². The molecule has 208 valence electrons. The number of aryl methyl sites for hydroxylation is 3. The van der Waals surface area contributed by atoms with Crippen LogP contribution in [0.25, 0.3) is 0 Å². The lowest BCUT2D eigenvalue weighted by Crippen LogP contribution is -2.42. The molecule has 4 rings (SSSR count). The van der Waals surface area contributed by atoms with Crippen LogP contribution in [-0.4, -0.2) is 24.7 Å². The topological polar surface area (TPSA) is 46.3 Å². The summed E-state index contributed by atoms with van der Waals surface area (Å²) in [6, 6.07) is 13.3. The maximum Gasteiger partial charge on any atom is 0.248 e. The highest BCUT2D eigenvalue weighted by Crippen LogP contribution is 2.44. The van der Waals surface area contributed by atoms with E-state index < -0.39 is 0 Å². The van der Waals surface area contributed by atoms with Crippen molar-refractivity contribution in [3.63, 3.8) is 0 Å². The van der Waals surface area contributed by atoms with E-state index in [1.165, 1.54) is 66.5 Å². The fourth-order valence-corrected chi connectivity index (χ4v) is 7.47. The summed E-state index contributed by atoms with van der Waals surface area (Å²) in [5.74, 6) is 4.22. The number of nitrogens with zero attached hydrogens (tertiary/aromatic N) is 1. The van der Waals surface area contributed by atoms with Crippen molar-refractivity contribution in [2.24, 2.45) is 29.4 Å². The van der Waals surface area contributed by atoms with E-state index in [-0.39, 0.29) is 5.91 Å². The Hall–Kier alpha value is -1.94. The van der Waals surface area contributed by atoms with E-state index in [0.717, 1.165) is 61.8 Å². The summed E-state index contributed by atoms with van der Waals surface area (Å²) >= 11 is 4.44. The number of hydrogen-bond acceptors (Lipinski definition) is 3. The van der Waals surface area contributed by atoms with E-state index in [2.05, 4.69) is 75.6 Å². The summed E-state index contributed by atoms with van der Waals surface area (Å²) in [5, 5.41) is 0. The number of carbonyl (C=O) groups excluding carboxylic acids is 1. The predicted molar refractivity (Wildman–Crippen MR) is 166 cm³/mol. The molecule has 1 amide bonds. The van der Waals surface area contributed by atoms with E-state index in [9.17, 15) is 4.79 Å². The molecular formula is C34H50N2OS. The molecule has 2 aromatic carbocycles. The quantitative estimate of drug-likeness (QED) is 0.271. The first-order chi connectivity index (χ1) is 18.3. The maximum absolute atomic E-state index is 12.1. The van der Waals surface area contributed by atoms with Crippen molar-refractivity contribution in [3.8, 4) is 0 Å². The van der Waals surface area contributed by atoms with Crippen LogP contribution in [0.1, 0.15) is 104 Å². The molecule has 0 spiro atoms. The number of nitrogens with two attached hydrogens (primary N) is 1. The van der Waals surface area contributed by atoms with Gasteiger partial charge in [0, 0.05) is 30.3 Å². The molecule has 0 aromatic heterocycles. The smallest absolute Gasteiger partial charge is 0.248 e. The zero-order chi connectivity index (χ0) is 27.2. The normalized spacial score (nSPS) is 22.8. The minimum absolute atomic E-state index is 0.331. The molecule has 1 fully saturated rings. The molecule has 0 saturated heterocycles. The Kier molecular flexibility index (Phi) is 10.3. The van der Waals surface area contributed by atoms with Gasteiger partial charge in [-0.2, -0.15) is 12.6 Å². The van der Waals surface area contributed by atoms with Gasteiger partial charge in [-0.1, -0.05) is 69.9 Å². The summed E-state index contributed by atoms with van der Waals surface area (Å²) in [7, 11) is 0. The van der Waals surface area contributed by atoms with E-state index in [0.29, 0.717) is 11.5 Å². The monoisotopic (exact) mass is 534 g/mol. The lowest BCUT2D eigenvalue weighted by Gasteiger charge is -2.44. The number of hydrogen-bond donors (Lipinski definition) is 2. The van der Waals surface area contributed by atoms with Gasteiger partial charge < -0.3 is 10.6 Å². The molecule has 1 saturated carbocycles. The van der Waals surface area contributed by atoms with Crippen LogP contribution in [0.5, 0.6) is 0 Å². The maximum atomic E-state index is 12.1. The number of rotatable bonds is 12. The van der Waals surface area contributed by atoms with Crippen molar-refractivity contribution in [2.75, 3.05) is 23.7 Å². The molecule has 1 heterocycles. The van der Waals surface area contributed by atoms with Gasteiger partial charge in [-0.15, -0.1) is 0 Å². The van der Waals surface area contributed by atoms with Gasteiger partial charge in [0.2, 0.25) is 5.91 Å². The number of amides is 1. The summed E-state index contributed by atoms with van der Waals surface area (Å²) in [5.41, 5.74) is 13.4. The van der Waals surface area contributed by atoms with Crippen LogP contribution in [0.4, 0.5) is 5.69 Å². The standard InChI is InChI=1S/C34H50N2OS/c1-5-6-27-19-24(3)8-15-32(27)30-13-11-26-10-12-28(34(35)37)20-33(26)36(22-30)21-29-14-16-31(29)25(4)9-7-23(2)17-18-38/h8,10,12,15,19-20,23,25,29-31,38H,5-7,9,11,13-14,16-18,21-22H2,1-4H3,(H2,35,37). The van der Waals surface area contributed by atoms with Gasteiger partial charge >= 0.3 is 0 Å². The zero-order valence-electron chi connectivity index (χ0n) is 24.2. The molecule has 2 aromatic rings. The molecule has 5 atom stereocenters. The van der Waals surface area contributed by atoms with Gasteiger partial charge in [-0.25, -0.2) is 0 Å². The summed E-state index contributed by atoms with van der Waals surface area (Å²) in [6.45, 7) is 11.5. The van der Waals surface area contributed by atoms with E-state index in [1.54, 1.807) is 0 Å². The molecule has 4 heteroatoms. The molecular weight excluding hydrogens is 484 g/mol. The Morgan fingerprint density at radius 3 is 2.58 bits per heavy atom. The molecule has 1 aliphatic carbocycles. The van der Waals surface area contributed by atoms with Crippen LogP contribution in [0.15, 0.2) is 36.4 Å². The number of carbonyl (C=O) groups is 1. The molecule has 2 N–H and O–H groups in total. The highest BCUT2D eigenvalue weighted by atomic mass is 32.1. The van der Waals surface area contributed by atoms with E-state index >= 15 is 0 Å². The number of thiol groups is 1. The van der Waals surface area contributed by atoms with Gasteiger partial charge in [0.25, 0.3) is 0 Å². The summed E-state index contributed by atoms with van der Waals surface area (Å²) < 4.78 is 0. The Bertz CT molecular complexity index is 1080. The number of anilines is 1. The van der Waals surface area contributed by atoms with Crippen LogP contribution < -0.4 is 10.6 Å². The van der Waals surface area contributed by atoms with E-state index in [4.69, 9.17) is 5.73 Å². The van der Waals surface area contributed by atoms with Crippen molar-refractivity contribution >= 4 is 24.2 Å². The first kappa shape index (κ1) is 29.1. The predicted octanol–water partition coefficient (Wildman–Crippen LogP) is 7.98. The van der Waals surface area contributed by atoms with Gasteiger partial charge in [0.1, 0.15) is 0 Å². The van der Waals surface area contributed by atoms with Crippen molar-refractivity contribution in [3.05, 3.63) is 64.2 Å². The highest BCUT2D eigenvalue weighted by Gasteiger charge is 2.37. The Morgan fingerprint density at radius 2 is 1.89 bits per heavy atom. The third-order valence-electron chi connectivity index (χ3n) is 9.57. The molecule has 0 bridgehead atoms. The van der Waals surface area contributed by atoms with Gasteiger partial charge in [-0.05, 0) is 104 Å². The van der Waals surface area contributed by atoms with Crippen LogP contribution >= 0.6 is 12.6 Å². The fraction of sp³-hybridized carbons (Fsp3) is 0.618. The van der Waals surface area contributed by atoms with E-state index in [1.807, 2.05) is 6.07 Å². The Morgan fingerprint density at radius 1 is 1.08 bits per heavy atom. The van der Waals surface area contributed by atoms with Gasteiger partial charge in [0.15, 0.2) is 0 Å². The first-order valence-electron chi connectivity index (χ1n) is 15.2. The fourth-order valence-electron chi connectivity index (χ4n) is 7.03. The van der Waals surface area contributed by atoms with Crippen molar-refractivity contribution in [2.45, 2.75) is 91.4 Å². The zero-order valence-corrected chi connectivity index (χ0v) is 25.1. The summed E-state index contributed by atoms with van der Waals surface area (Å²) in [6.07, 6.45) is 11.0. The molecule has 1 aliphatic heterocycles. The van der Waals surface area contributed by atoms with Gasteiger partial charge in [0.05, 0.1) is 0 Å². The third kappa shape index (κ3) is 6.97. The molecule has 5 unspecified atom stereocenters. The minimum atomic E-state index is -0.331. The lowest BCUT2D eigenvalue weighted by atomic mass is 9.66. The first-order valence-corrected chi connectivity index (χ1v) is 15.8. The average molecular weight is 535 g/mol. The molecule has 3 nitrogen and oxygen atoms in total. The van der Waals surface area contributed by atoms with Crippen LogP contribution in [0.2, 0.25) is 0 Å². The minimum Gasteiger partial charge on any atom is -0.370 e. The van der Waals surface area contributed by atoms with Crippen molar-refractivity contribution < 1.29 is 4.79 Å². The summed E-state index contributed by atoms with van der Waals surface area (Å²) in [4.78, 5) is 14.8. The Labute approximate surface area is 237 Å².